The van der Waals surface area contributed by atoms with Gasteiger partial charge in [0.2, 0.25) is 5.91 Å². The van der Waals surface area contributed by atoms with Crippen LogP contribution < -0.4 is 9.47 Å². The maximum absolute atomic E-state index is 12.7. The van der Waals surface area contributed by atoms with Gasteiger partial charge in [0.1, 0.15) is 0 Å². The lowest BCUT2D eigenvalue weighted by Crippen LogP contribution is -2.45. The zero-order valence-electron chi connectivity index (χ0n) is 15.0. The normalized spacial score (nSPS) is 26.5. The van der Waals surface area contributed by atoms with Crippen molar-refractivity contribution in [2.24, 2.45) is 5.92 Å². The van der Waals surface area contributed by atoms with E-state index in [1.54, 1.807) is 7.11 Å². The molecule has 1 heterocycles. The van der Waals surface area contributed by atoms with Crippen LogP contribution in [0.3, 0.4) is 0 Å². The number of likely N-dealkylation sites (tertiary alicyclic amines) is 1. The van der Waals surface area contributed by atoms with Crippen LogP contribution in [0.2, 0.25) is 0 Å². The lowest BCUT2D eigenvalue weighted by Gasteiger charge is -2.37. The summed E-state index contributed by atoms with van der Waals surface area (Å²) in [6, 6.07) is 7.68. The fourth-order valence-corrected chi connectivity index (χ4v) is 4.27. The molecular formula is C20H29NO4. The van der Waals surface area contributed by atoms with E-state index in [0.29, 0.717) is 24.5 Å². The first-order valence-corrected chi connectivity index (χ1v) is 9.44. The Labute approximate surface area is 149 Å². The predicted molar refractivity (Wildman–Crippen MR) is 95.8 cm³/mol. The highest BCUT2D eigenvalue weighted by Gasteiger charge is 2.38. The molecule has 1 aliphatic heterocycles. The molecule has 3 atom stereocenters. The van der Waals surface area contributed by atoms with E-state index in [1.165, 1.54) is 0 Å². The van der Waals surface area contributed by atoms with E-state index >= 15 is 0 Å². The summed E-state index contributed by atoms with van der Waals surface area (Å²) in [5, 5.41) is 10.3. The van der Waals surface area contributed by atoms with Gasteiger partial charge in [0.05, 0.1) is 26.2 Å². The van der Waals surface area contributed by atoms with Crippen molar-refractivity contribution in [1.82, 2.24) is 4.90 Å². The first-order chi connectivity index (χ1) is 12.2. The van der Waals surface area contributed by atoms with Gasteiger partial charge in [-0.25, -0.2) is 0 Å². The van der Waals surface area contributed by atoms with E-state index in [9.17, 15) is 9.90 Å². The number of hydrogen-bond acceptors (Lipinski definition) is 4. The van der Waals surface area contributed by atoms with Gasteiger partial charge >= 0.3 is 0 Å². The number of methoxy groups -OCH3 is 1. The summed E-state index contributed by atoms with van der Waals surface area (Å²) >= 11 is 0. The van der Waals surface area contributed by atoms with Crippen LogP contribution in [0.5, 0.6) is 11.5 Å². The SMILES string of the molecule is COc1ccccc1OCCC(=O)N1CCC[C@@H]1[C@@H]1CCCC[C@@H]1O. The zero-order chi connectivity index (χ0) is 17.6. The monoisotopic (exact) mass is 347 g/mol. The summed E-state index contributed by atoms with van der Waals surface area (Å²) in [4.78, 5) is 14.7. The maximum Gasteiger partial charge on any atom is 0.226 e. The number of ether oxygens (including phenoxy) is 2. The minimum Gasteiger partial charge on any atom is -0.493 e. The van der Waals surface area contributed by atoms with Gasteiger partial charge in [0, 0.05) is 18.5 Å². The van der Waals surface area contributed by atoms with Gasteiger partial charge in [-0.05, 0) is 37.8 Å². The van der Waals surface area contributed by atoms with Crippen LogP contribution in [0.25, 0.3) is 0 Å². The van der Waals surface area contributed by atoms with Gasteiger partial charge in [-0.3, -0.25) is 4.79 Å². The third-order valence-electron chi connectivity index (χ3n) is 5.54. The molecule has 138 valence electrons. The van der Waals surface area contributed by atoms with Crippen LogP contribution in [0.15, 0.2) is 24.3 Å². The predicted octanol–water partition coefficient (Wildman–Crippen LogP) is 3.01. The molecule has 1 saturated carbocycles. The Morgan fingerprint density at radius 2 is 1.92 bits per heavy atom. The lowest BCUT2D eigenvalue weighted by atomic mass is 9.80. The molecule has 1 aliphatic carbocycles. The number of aliphatic hydroxyl groups is 1. The molecule has 0 aromatic heterocycles. The highest BCUT2D eigenvalue weighted by Crippen LogP contribution is 2.35. The van der Waals surface area contributed by atoms with Gasteiger partial charge in [0.15, 0.2) is 11.5 Å². The molecule has 2 fully saturated rings. The molecule has 1 aromatic carbocycles. The van der Waals surface area contributed by atoms with Gasteiger partial charge in [-0.2, -0.15) is 0 Å². The number of rotatable bonds is 6. The Bertz CT molecular complexity index is 577. The lowest BCUT2D eigenvalue weighted by molar-refractivity contribution is -0.134. The van der Waals surface area contributed by atoms with Gasteiger partial charge in [0.25, 0.3) is 0 Å². The van der Waals surface area contributed by atoms with Crippen molar-refractivity contribution in [1.29, 1.82) is 0 Å². The minimum absolute atomic E-state index is 0.134. The van der Waals surface area contributed by atoms with Crippen molar-refractivity contribution in [2.45, 2.75) is 57.1 Å². The number of hydrogen-bond donors (Lipinski definition) is 1. The summed E-state index contributed by atoms with van der Waals surface area (Å²) in [6.45, 7) is 1.15. The average Bonchev–Trinajstić information content (AvgIpc) is 3.12. The molecule has 0 bridgehead atoms. The number of carbonyl (C=O) groups is 1. The van der Waals surface area contributed by atoms with Crippen LogP contribution in [0.4, 0.5) is 0 Å². The Hall–Kier alpha value is -1.75. The first kappa shape index (κ1) is 18.1. The molecule has 25 heavy (non-hydrogen) atoms. The molecule has 1 amide bonds. The largest absolute Gasteiger partial charge is 0.493 e. The molecule has 0 spiro atoms. The average molecular weight is 347 g/mol. The Balaban J connectivity index is 1.53. The molecule has 0 radical (unpaired) electrons. The quantitative estimate of drug-likeness (QED) is 0.859. The standard InChI is InChI=1S/C20H29NO4/c1-24-18-10-4-5-11-19(18)25-14-12-20(23)21-13-6-8-16(21)15-7-2-3-9-17(15)22/h4-5,10-11,15-17,22H,2-3,6-9,12-14H2,1H3/t15-,16+,17-/m0/s1. The molecule has 0 unspecified atom stereocenters. The second kappa shape index (κ2) is 8.56. The topological polar surface area (TPSA) is 59.0 Å². The summed E-state index contributed by atoms with van der Waals surface area (Å²) < 4.78 is 11.0. The van der Waals surface area contributed by atoms with Gasteiger partial charge in [-0.15, -0.1) is 0 Å². The maximum atomic E-state index is 12.7. The van der Waals surface area contributed by atoms with Crippen molar-refractivity contribution >= 4 is 5.91 Å². The molecule has 5 heteroatoms. The van der Waals surface area contributed by atoms with Crippen LogP contribution in [0.1, 0.15) is 44.9 Å². The van der Waals surface area contributed by atoms with E-state index < -0.39 is 0 Å². The summed E-state index contributed by atoms with van der Waals surface area (Å²) in [6.07, 6.45) is 6.33. The van der Waals surface area contributed by atoms with E-state index in [2.05, 4.69) is 0 Å². The number of para-hydroxylation sites is 2. The third-order valence-corrected chi connectivity index (χ3v) is 5.54. The number of amides is 1. The summed E-state index contributed by atoms with van der Waals surface area (Å²) in [5.41, 5.74) is 0. The zero-order valence-corrected chi connectivity index (χ0v) is 15.0. The van der Waals surface area contributed by atoms with E-state index in [0.717, 1.165) is 45.1 Å². The van der Waals surface area contributed by atoms with E-state index in [1.807, 2.05) is 29.2 Å². The summed E-state index contributed by atoms with van der Waals surface area (Å²) in [5.74, 6) is 1.73. The fraction of sp³-hybridized carbons (Fsp3) is 0.650. The minimum atomic E-state index is -0.253. The van der Waals surface area contributed by atoms with Crippen molar-refractivity contribution in [2.75, 3.05) is 20.3 Å². The van der Waals surface area contributed by atoms with E-state index in [-0.39, 0.29) is 24.0 Å². The number of carbonyl (C=O) groups excluding carboxylic acids is 1. The fourth-order valence-electron chi connectivity index (χ4n) is 4.27. The van der Waals surface area contributed by atoms with E-state index in [4.69, 9.17) is 9.47 Å². The van der Waals surface area contributed by atoms with Crippen molar-refractivity contribution in [3.8, 4) is 11.5 Å². The molecular weight excluding hydrogens is 318 g/mol. The van der Waals surface area contributed by atoms with Gasteiger partial charge in [-0.1, -0.05) is 25.0 Å². The molecule has 5 nitrogen and oxygen atoms in total. The Kier molecular flexibility index (Phi) is 6.19. The molecule has 1 saturated heterocycles. The number of benzene rings is 1. The van der Waals surface area contributed by atoms with Crippen LogP contribution in [-0.4, -0.2) is 48.3 Å². The smallest absolute Gasteiger partial charge is 0.226 e. The Morgan fingerprint density at radius 1 is 1.16 bits per heavy atom. The van der Waals surface area contributed by atoms with Crippen LogP contribution in [0, 0.1) is 5.92 Å². The first-order valence-electron chi connectivity index (χ1n) is 9.44. The molecule has 1 N–H and O–H groups in total. The molecule has 1 aromatic rings. The second-order valence-electron chi connectivity index (χ2n) is 7.06. The molecule has 2 aliphatic rings. The molecule has 3 rings (SSSR count). The summed E-state index contributed by atoms with van der Waals surface area (Å²) in [7, 11) is 1.61. The van der Waals surface area contributed by atoms with Crippen LogP contribution in [-0.2, 0) is 4.79 Å². The van der Waals surface area contributed by atoms with Crippen molar-refractivity contribution in [3.05, 3.63) is 24.3 Å². The highest BCUT2D eigenvalue weighted by molar-refractivity contribution is 5.77. The van der Waals surface area contributed by atoms with Gasteiger partial charge < -0.3 is 19.5 Å². The number of nitrogens with zero attached hydrogens (tertiary/aromatic N) is 1. The Morgan fingerprint density at radius 3 is 2.68 bits per heavy atom. The van der Waals surface area contributed by atoms with Crippen molar-refractivity contribution in [3.63, 3.8) is 0 Å². The highest BCUT2D eigenvalue weighted by atomic mass is 16.5. The second-order valence-corrected chi connectivity index (χ2v) is 7.06. The third kappa shape index (κ3) is 4.27. The van der Waals surface area contributed by atoms with Crippen LogP contribution >= 0.6 is 0 Å². The van der Waals surface area contributed by atoms with Crippen molar-refractivity contribution < 1.29 is 19.4 Å². The number of aliphatic hydroxyl groups excluding tert-OH is 1.